The number of fused-ring (bicyclic) bond motifs is 1. The van der Waals surface area contributed by atoms with Crippen molar-refractivity contribution in [2.75, 3.05) is 24.3 Å². The Kier molecular flexibility index (Phi) is 13.7. The number of amides is 3. The number of nitrogens with one attached hydrogen (secondary N) is 3. The van der Waals surface area contributed by atoms with E-state index < -0.39 is 23.0 Å². The Balaban J connectivity index is 1.12. The zero-order chi connectivity index (χ0) is 42.0. The predicted molar refractivity (Wildman–Crippen MR) is 241 cm³/mol. The van der Waals surface area contributed by atoms with E-state index in [0.717, 1.165) is 45.1 Å². The largest absolute Gasteiger partial charge is 0.465 e. The molecule has 5 aromatic carbocycles. The van der Waals surface area contributed by atoms with Crippen LogP contribution in [0.25, 0.3) is 6.08 Å². The fourth-order valence-corrected chi connectivity index (χ4v) is 9.35. The highest BCUT2D eigenvalue weighted by molar-refractivity contribution is 8.00. The van der Waals surface area contributed by atoms with Crippen molar-refractivity contribution in [1.82, 2.24) is 10.2 Å². The summed E-state index contributed by atoms with van der Waals surface area (Å²) >= 11 is 2.74. The molecule has 6 aromatic rings. The average Bonchev–Trinajstić information content (AvgIpc) is 3.63. The van der Waals surface area contributed by atoms with Crippen LogP contribution in [0.1, 0.15) is 78.4 Å². The maximum Gasteiger partial charge on any atom is 0.341 e. The normalized spacial score (nSPS) is 13.2. The Morgan fingerprint density at radius 2 is 1.48 bits per heavy atom. The van der Waals surface area contributed by atoms with E-state index >= 15 is 0 Å². The van der Waals surface area contributed by atoms with Crippen LogP contribution in [0.3, 0.4) is 0 Å². The summed E-state index contributed by atoms with van der Waals surface area (Å²) in [7, 11) is 1.36. The zero-order valence-corrected chi connectivity index (χ0v) is 35.3. The summed E-state index contributed by atoms with van der Waals surface area (Å²) in [5.74, 6) is -1.36. The Morgan fingerprint density at radius 3 is 2.17 bits per heavy atom. The van der Waals surface area contributed by atoms with Gasteiger partial charge in [0.05, 0.1) is 12.7 Å². The summed E-state index contributed by atoms with van der Waals surface area (Å²) in [6, 6.07) is 43.5. The molecular formula is C49H46N4O5S2. The van der Waals surface area contributed by atoms with Gasteiger partial charge in [-0.1, -0.05) is 123 Å². The van der Waals surface area contributed by atoms with Gasteiger partial charge in [0.15, 0.2) is 0 Å². The number of methoxy groups -OCH3 is 1. The highest BCUT2D eigenvalue weighted by Gasteiger charge is 2.31. The minimum absolute atomic E-state index is 0.0731. The lowest BCUT2D eigenvalue weighted by molar-refractivity contribution is -0.116. The van der Waals surface area contributed by atoms with E-state index in [1.807, 2.05) is 84.9 Å². The second-order valence-electron chi connectivity index (χ2n) is 14.7. The van der Waals surface area contributed by atoms with E-state index in [1.165, 1.54) is 35.8 Å². The van der Waals surface area contributed by atoms with Gasteiger partial charge >= 0.3 is 5.97 Å². The number of esters is 1. The molecule has 11 heteroatoms. The van der Waals surface area contributed by atoms with E-state index in [-0.39, 0.29) is 11.6 Å². The molecule has 60 heavy (non-hydrogen) atoms. The lowest BCUT2D eigenvalue weighted by Gasteiger charge is -2.27. The fraction of sp³-hybridized carbons (Fsp3) is 0.184. The monoisotopic (exact) mass is 834 g/mol. The topological polar surface area (TPSA) is 117 Å². The van der Waals surface area contributed by atoms with E-state index in [1.54, 1.807) is 48.5 Å². The van der Waals surface area contributed by atoms with Crippen LogP contribution in [0.15, 0.2) is 150 Å². The first-order chi connectivity index (χ1) is 29.1. The third-order valence-corrected chi connectivity index (χ3v) is 12.5. The summed E-state index contributed by atoms with van der Waals surface area (Å²) in [6.07, 6.45) is 2.31. The lowest BCUT2D eigenvalue weighted by Crippen LogP contribution is -2.30. The van der Waals surface area contributed by atoms with Gasteiger partial charge in [-0.25, -0.2) is 4.79 Å². The van der Waals surface area contributed by atoms with Gasteiger partial charge in [0.2, 0.25) is 5.91 Å². The molecule has 0 radical (unpaired) electrons. The molecule has 1 aromatic heterocycles. The van der Waals surface area contributed by atoms with E-state index in [2.05, 4.69) is 46.8 Å². The Hall–Kier alpha value is -6.27. The minimum atomic E-state index is -0.717. The molecule has 9 nitrogen and oxygen atoms in total. The van der Waals surface area contributed by atoms with Crippen molar-refractivity contribution in [3.63, 3.8) is 0 Å². The van der Waals surface area contributed by atoms with E-state index in [4.69, 9.17) is 4.74 Å². The Morgan fingerprint density at radius 1 is 0.800 bits per heavy atom. The number of hydrogen-bond acceptors (Lipinski definition) is 8. The molecule has 1 aliphatic heterocycles. The molecule has 0 fully saturated rings. The van der Waals surface area contributed by atoms with Crippen LogP contribution in [-0.2, 0) is 33.8 Å². The average molecular weight is 835 g/mol. The molecule has 0 bridgehead atoms. The quantitative estimate of drug-likeness (QED) is 0.0568. The molecule has 0 saturated carbocycles. The first-order valence-corrected chi connectivity index (χ1v) is 21.5. The molecule has 1 atom stereocenters. The van der Waals surface area contributed by atoms with Crippen molar-refractivity contribution in [2.45, 2.75) is 49.4 Å². The molecule has 0 aliphatic carbocycles. The molecule has 2 heterocycles. The van der Waals surface area contributed by atoms with Crippen LogP contribution in [0.4, 0.5) is 10.7 Å². The van der Waals surface area contributed by atoms with Crippen molar-refractivity contribution in [3.05, 3.63) is 189 Å². The molecule has 0 saturated heterocycles. The van der Waals surface area contributed by atoms with Crippen LogP contribution in [0, 0.1) is 0 Å². The Bertz CT molecular complexity index is 2490. The van der Waals surface area contributed by atoms with Crippen LogP contribution < -0.4 is 16.0 Å². The van der Waals surface area contributed by atoms with Crippen molar-refractivity contribution >= 4 is 63.6 Å². The summed E-state index contributed by atoms with van der Waals surface area (Å²) in [4.78, 5) is 58.9. The van der Waals surface area contributed by atoms with E-state index in [0.29, 0.717) is 40.7 Å². The van der Waals surface area contributed by atoms with Crippen molar-refractivity contribution in [3.8, 4) is 0 Å². The van der Waals surface area contributed by atoms with Gasteiger partial charge in [0, 0.05) is 40.7 Å². The second-order valence-corrected chi connectivity index (χ2v) is 17.0. The number of hydrogen-bond donors (Lipinski definition) is 3. The van der Waals surface area contributed by atoms with Crippen molar-refractivity contribution in [1.29, 1.82) is 0 Å². The van der Waals surface area contributed by atoms with E-state index in [9.17, 15) is 19.2 Å². The molecule has 0 spiro atoms. The number of thiophene rings is 1. The molecule has 7 rings (SSSR count). The number of nitrogens with zero attached hydrogens (tertiary/aromatic N) is 1. The number of anilines is 2. The van der Waals surface area contributed by atoms with Crippen LogP contribution in [0.2, 0.25) is 0 Å². The van der Waals surface area contributed by atoms with Gasteiger partial charge in [-0.15, -0.1) is 23.1 Å². The zero-order valence-electron chi connectivity index (χ0n) is 33.6. The first-order valence-electron chi connectivity index (χ1n) is 19.8. The highest BCUT2D eigenvalue weighted by atomic mass is 32.2. The molecule has 3 N–H and O–H groups in total. The SMILES string of the molecule is COC(=O)c1c(NC(=O)C(Sc2cccc(NC(=O)/C(=C\c3ccc(C(C)C)cc3)NC(=O)c3ccccc3)c2)c2ccccc2)sc2c1CCN(Cc1ccccc1)C2. The first kappa shape index (κ1) is 41.9. The van der Waals surface area contributed by atoms with Crippen LogP contribution in [-0.4, -0.2) is 42.2 Å². The molecule has 304 valence electrons. The fourth-order valence-electron chi connectivity index (χ4n) is 6.99. The predicted octanol–water partition coefficient (Wildman–Crippen LogP) is 10.1. The third-order valence-electron chi connectivity index (χ3n) is 10.1. The highest BCUT2D eigenvalue weighted by Crippen LogP contribution is 2.41. The van der Waals surface area contributed by atoms with Gasteiger partial charge in [-0.05, 0) is 76.6 Å². The van der Waals surface area contributed by atoms with Gasteiger partial charge in [0.1, 0.15) is 15.9 Å². The number of carbonyl (C=O) groups excluding carboxylic acids is 4. The molecule has 3 amide bonds. The maximum atomic E-state index is 14.4. The van der Waals surface area contributed by atoms with Gasteiger partial charge in [-0.3, -0.25) is 19.3 Å². The van der Waals surface area contributed by atoms with Gasteiger partial charge < -0.3 is 20.7 Å². The second kappa shape index (κ2) is 19.7. The summed E-state index contributed by atoms with van der Waals surface area (Å²) < 4.78 is 5.23. The summed E-state index contributed by atoms with van der Waals surface area (Å²) in [6.45, 7) is 6.43. The van der Waals surface area contributed by atoms with Crippen LogP contribution in [0.5, 0.6) is 0 Å². The minimum Gasteiger partial charge on any atom is -0.465 e. The third kappa shape index (κ3) is 10.5. The standard InChI is InChI=1S/C49H46N4O5S2/c1-32(2)35-24-22-33(23-25-35)28-41(51-45(54)37-18-11-6-12-19-37)46(55)50-38-20-13-21-39(29-38)59-44(36-16-9-5-10-17-36)47(56)52-48-43(49(57)58-3)40-26-27-53(31-42(40)60-48)30-34-14-7-4-8-15-34/h4-25,28-29,32,44H,26-27,30-31H2,1-3H3,(H,50,55)(H,51,54)(H,52,56)/b41-28+. The number of thioether (sulfide) groups is 1. The molecular weight excluding hydrogens is 789 g/mol. The number of ether oxygens (including phenoxy) is 1. The van der Waals surface area contributed by atoms with Crippen LogP contribution >= 0.6 is 23.1 Å². The smallest absolute Gasteiger partial charge is 0.341 e. The van der Waals surface area contributed by atoms with Gasteiger partial charge in [0.25, 0.3) is 11.8 Å². The lowest BCUT2D eigenvalue weighted by atomic mass is 10.0. The number of benzene rings is 5. The molecule has 1 unspecified atom stereocenters. The van der Waals surface area contributed by atoms with Gasteiger partial charge in [-0.2, -0.15) is 0 Å². The Labute approximate surface area is 358 Å². The van der Waals surface area contributed by atoms with Crippen molar-refractivity contribution < 1.29 is 23.9 Å². The maximum absolute atomic E-state index is 14.4. The number of carbonyl (C=O) groups is 4. The summed E-state index contributed by atoms with van der Waals surface area (Å²) in [5.41, 5.74) is 6.19. The van der Waals surface area contributed by atoms with Crippen molar-refractivity contribution in [2.24, 2.45) is 0 Å². The number of rotatable bonds is 14. The molecule has 1 aliphatic rings. The summed E-state index contributed by atoms with van der Waals surface area (Å²) in [5, 5.41) is 8.63.